The van der Waals surface area contributed by atoms with Crippen molar-refractivity contribution < 1.29 is 14.6 Å². The first kappa shape index (κ1) is 11.9. The van der Waals surface area contributed by atoms with E-state index in [1.165, 1.54) is 13.1 Å². The maximum absolute atomic E-state index is 9.77. The number of aliphatic imine (C=N–C) groups is 1. The van der Waals surface area contributed by atoms with Gasteiger partial charge >= 0.3 is 0 Å². The molecule has 18 heavy (non-hydrogen) atoms. The lowest BCUT2D eigenvalue weighted by Crippen LogP contribution is -1.89. The summed E-state index contributed by atoms with van der Waals surface area (Å²) in [6.45, 7) is 1.45. The van der Waals surface area contributed by atoms with Gasteiger partial charge in [0.05, 0.1) is 11.9 Å². The van der Waals surface area contributed by atoms with E-state index in [4.69, 9.17) is 9.83 Å². The minimum absolute atomic E-state index is 0.00971. The fourth-order valence-corrected chi connectivity index (χ4v) is 1.50. The summed E-state index contributed by atoms with van der Waals surface area (Å²) in [4.78, 5) is 4.09. The third-order valence-corrected chi connectivity index (χ3v) is 2.35. The molecule has 0 fully saturated rings. The molecule has 0 unspecified atom stereocenters. The van der Waals surface area contributed by atoms with Crippen LogP contribution < -0.4 is 0 Å². The maximum Gasteiger partial charge on any atom is 0.295 e. The Kier molecular flexibility index (Phi) is 3.14. The Morgan fingerprint density at radius 3 is 2.50 bits per heavy atom. The minimum Gasteiger partial charge on any atom is -0.504 e. The van der Waals surface area contributed by atoms with E-state index in [1.807, 2.05) is 18.2 Å². The lowest BCUT2D eigenvalue weighted by atomic mass is 10.2. The van der Waals surface area contributed by atoms with Crippen LogP contribution in [0.1, 0.15) is 18.2 Å². The molecule has 0 aliphatic rings. The summed E-state index contributed by atoms with van der Waals surface area (Å²) in [5.41, 5.74) is 0.707. The molecule has 0 spiro atoms. The number of furan rings is 1. The minimum atomic E-state index is -0.477. The van der Waals surface area contributed by atoms with Crippen molar-refractivity contribution in [1.29, 1.82) is 5.41 Å². The molecule has 2 rings (SSSR count). The van der Waals surface area contributed by atoms with Gasteiger partial charge in [-0.05, 0) is 19.1 Å². The first-order valence-corrected chi connectivity index (χ1v) is 5.29. The Balaban J connectivity index is 2.34. The summed E-state index contributed by atoms with van der Waals surface area (Å²) in [6.07, 6.45) is 1.30. The van der Waals surface area contributed by atoms with Crippen LogP contribution in [0.3, 0.4) is 0 Å². The number of rotatable bonds is 3. The van der Waals surface area contributed by atoms with E-state index >= 15 is 0 Å². The van der Waals surface area contributed by atoms with Crippen molar-refractivity contribution in [2.75, 3.05) is 0 Å². The summed E-state index contributed by atoms with van der Waals surface area (Å²) < 4.78 is 4.94. The highest BCUT2D eigenvalue weighted by molar-refractivity contribution is 6.03. The van der Waals surface area contributed by atoms with Gasteiger partial charge < -0.3 is 20.0 Å². The van der Waals surface area contributed by atoms with Crippen molar-refractivity contribution in [3.8, 4) is 11.7 Å². The topological polar surface area (TPSA) is 89.8 Å². The fraction of sp³-hybridized carbons (Fsp3) is 0.0769. The van der Waals surface area contributed by atoms with E-state index in [-0.39, 0.29) is 22.8 Å². The van der Waals surface area contributed by atoms with E-state index in [2.05, 4.69) is 4.99 Å². The summed E-state index contributed by atoms with van der Waals surface area (Å²) in [7, 11) is 0. The normalized spacial score (nSPS) is 10.9. The van der Waals surface area contributed by atoms with Crippen LogP contribution in [0.5, 0.6) is 11.7 Å². The van der Waals surface area contributed by atoms with Gasteiger partial charge in [-0.3, -0.25) is 4.99 Å². The van der Waals surface area contributed by atoms with Crippen LogP contribution in [0.25, 0.3) is 0 Å². The van der Waals surface area contributed by atoms with Crippen molar-refractivity contribution >= 4 is 17.6 Å². The van der Waals surface area contributed by atoms with E-state index in [0.717, 1.165) is 0 Å². The number of benzene rings is 1. The van der Waals surface area contributed by atoms with Gasteiger partial charge in [0.2, 0.25) is 0 Å². The first-order chi connectivity index (χ1) is 8.59. The molecular formula is C13H12N2O3. The molecule has 2 aromatic rings. The van der Waals surface area contributed by atoms with Crippen molar-refractivity contribution in [2.24, 2.45) is 4.99 Å². The van der Waals surface area contributed by atoms with Gasteiger partial charge in [0.15, 0.2) is 11.5 Å². The molecule has 0 aliphatic carbocycles. The third-order valence-electron chi connectivity index (χ3n) is 2.35. The van der Waals surface area contributed by atoms with Crippen LogP contribution in [0, 0.1) is 5.41 Å². The predicted molar refractivity (Wildman–Crippen MR) is 68.2 cm³/mol. The second-order valence-electron chi connectivity index (χ2n) is 3.71. The molecule has 0 atom stereocenters. The van der Waals surface area contributed by atoms with Gasteiger partial charge in [-0.25, -0.2) is 0 Å². The second-order valence-corrected chi connectivity index (χ2v) is 3.71. The van der Waals surface area contributed by atoms with Gasteiger partial charge in [0, 0.05) is 5.71 Å². The molecule has 0 amide bonds. The average molecular weight is 244 g/mol. The Hall–Kier alpha value is -2.56. The van der Waals surface area contributed by atoms with Gasteiger partial charge in [-0.15, -0.1) is 0 Å². The van der Waals surface area contributed by atoms with Gasteiger partial charge in [0.25, 0.3) is 5.95 Å². The Bertz CT molecular complexity index is 600. The van der Waals surface area contributed by atoms with Gasteiger partial charge in [0.1, 0.15) is 5.56 Å². The largest absolute Gasteiger partial charge is 0.504 e. The summed E-state index contributed by atoms with van der Waals surface area (Å²) in [5.74, 6) is -0.729. The van der Waals surface area contributed by atoms with Gasteiger partial charge in [-0.1, -0.05) is 18.2 Å². The Morgan fingerprint density at radius 2 is 1.94 bits per heavy atom. The lowest BCUT2D eigenvalue weighted by molar-refractivity contribution is 0.329. The average Bonchev–Trinajstić information content (AvgIpc) is 2.63. The molecule has 3 N–H and O–H groups in total. The first-order valence-electron chi connectivity index (χ1n) is 5.29. The summed E-state index contributed by atoms with van der Waals surface area (Å²) in [6, 6.07) is 9.11. The molecule has 0 bridgehead atoms. The van der Waals surface area contributed by atoms with Crippen LogP contribution in [0.4, 0.5) is 5.69 Å². The molecule has 5 nitrogen and oxygen atoms in total. The standard InChI is InChI=1S/C13H12N2O3/c1-8(14)11-12(16)10(18-13(11)17)7-15-9-5-3-2-4-6-9/h2-7,14,16-17H,1H3. The highest BCUT2D eigenvalue weighted by Crippen LogP contribution is 2.33. The maximum atomic E-state index is 9.77. The molecule has 1 aromatic heterocycles. The molecule has 1 aromatic carbocycles. The molecule has 0 saturated heterocycles. The highest BCUT2D eigenvalue weighted by Gasteiger charge is 2.19. The van der Waals surface area contributed by atoms with Crippen molar-refractivity contribution in [3.63, 3.8) is 0 Å². The highest BCUT2D eigenvalue weighted by atomic mass is 16.5. The SMILES string of the molecule is CC(=N)c1c(O)oc(C=Nc2ccccc2)c1O. The van der Waals surface area contributed by atoms with E-state index in [9.17, 15) is 10.2 Å². The van der Waals surface area contributed by atoms with E-state index in [1.54, 1.807) is 12.1 Å². The van der Waals surface area contributed by atoms with E-state index < -0.39 is 5.95 Å². The number of aromatic hydroxyl groups is 2. The second kappa shape index (κ2) is 4.75. The molecule has 0 aliphatic heterocycles. The van der Waals surface area contributed by atoms with Gasteiger partial charge in [-0.2, -0.15) is 0 Å². The van der Waals surface area contributed by atoms with Crippen LogP contribution in [-0.2, 0) is 0 Å². The Morgan fingerprint density at radius 1 is 1.28 bits per heavy atom. The smallest absolute Gasteiger partial charge is 0.295 e. The van der Waals surface area contributed by atoms with Crippen molar-refractivity contribution in [2.45, 2.75) is 6.92 Å². The molecule has 5 heteroatoms. The molecule has 0 saturated carbocycles. The zero-order chi connectivity index (χ0) is 13.1. The lowest BCUT2D eigenvalue weighted by Gasteiger charge is -1.93. The van der Waals surface area contributed by atoms with Crippen molar-refractivity contribution in [3.05, 3.63) is 41.7 Å². The molecule has 0 radical (unpaired) electrons. The number of nitrogens with one attached hydrogen (secondary N) is 1. The van der Waals surface area contributed by atoms with Crippen LogP contribution >= 0.6 is 0 Å². The molecule has 92 valence electrons. The van der Waals surface area contributed by atoms with Crippen LogP contribution in [0.15, 0.2) is 39.7 Å². The number of para-hydroxylation sites is 1. The summed E-state index contributed by atoms with van der Waals surface area (Å²) in [5, 5.41) is 26.6. The third kappa shape index (κ3) is 2.24. The number of hydrogen-bond acceptors (Lipinski definition) is 5. The molecular weight excluding hydrogens is 232 g/mol. The monoisotopic (exact) mass is 244 g/mol. The van der Waals surface area contributed by atoms with E-state index in [0.29, 0.717) is 5.69 Å². The zero-order valence-corrected chi connectivity index (χ0v) is 9.71. The van der Waals surface area contributed by atoms with Crippen LogP contribution in [0.2, 0.25) is 0 Å². The van der Waals surface area contributed by atoms with Crippen molar-refractivity contribution in [1.82, 2.24) is 0 Å². The zero-order valence-electron chi connectivity index (χ0n) is 9.71. The van der Waals surface area contributed by atoms with Crippen LogP contribution in [-0.4, -0.2) is 22.1 Å². The number of hydrogen-bond donors (Lipinski definition) is 3. The Labute approximate surface area is 104 Å². The predicted octanol–water partition coefficient (Wildman–Crippen LogP) is 2.83. The summed E-state index contributed by atoms with van der Waals surface area (Å²) >= 11 is 0. The quantitative estimate of drug-likeness (QED) is 0.725. The number of nitrogens with zero attached hydrogens (tertiary/aromatic N) is 1. The fourth-order valence-electron chi connectivity index (χ4n) is 1.50. The molecule has 1 heterocycles.